The Hall–Kier alpha value is -2.34. The zero-order valence-corrected chi connectivity index (χ0v) is 14.6. The molecule has 4 atom stereocenters. The summed E-state index contributed by atoms with van der Waals surface area (Å²) in [5, 5.41) is 0. The van der Waals surface area contributed by atoms with Crippen molar-refractivity contribution in [2.24, 2.45) is 11.3 Å². The molecule has 0 bridgehead atoms. The highest BCUT2D eigenvalue weighted by molar-refractivity contribution is 5.72. The third-order valence-corrected chi connectivity index (χ3v) is 7.92. The molecule has 0 N–H and O–H groups in total. The van der Waals surface area contributed by atoms with Crippen molar-refractivity contribution in [3.63, 3.8) is 0 Å². The number of hydrogen-bond donors (Lipinski definition) is 0. The second kappa shape index (κ2) is 4.25. The highest BCUT2D eigenvalue weighted by atomic mass is 15.0. The van der Waals surface area contributed by atoms with Gasteiger partial charge in [-0.1, -0.05) is 91.9 Å². The first kappa shape index (κ1) is 13.9. The highest BCUT2D eigenvalue weighted by Gasteiger charge is 3.03. The molecule has 2 fully saturated rings. The van der Waals surface area contributed by atoms with Gasteiger partial charge in [0.25, 0.3) is 0 Å². The second-order valence-electron chi connectivity index (χ2n) is 8.26. The second-order valence-corrected chi connectivity index (χ2v) is 8.26. The van der Waals surface area contributed by atoms with Crippen LogP contribution in [-0.2, 0) is 23.7 Å². The summed E-state index contributed by atoms with van der Waals surface area (Å²) in [7, 11) is 0. The molecule has 3 aliphatic carbocycles. The van der Waals surface area contributed by atoms with Gasteiger partial charge >= 0.3 is 0 Å². The van der Waals surface area contributed by atoms with E-state index < -0.39 is 0 Å². The van der Waals surface area contributed by atoms with Gasteiger partial charge in [0.2, 0.25) is 0 Å². The van der Waals surface area contributed by atoms with Crippen LogP contribution in [0.1, 0.15) is 29.2 Å². The smallest absolute Gasteiger partial charge is 0.0170 e. The molecule has 0 nitrogen and oxygen atoms in total. The van der Waals surface area contributed by atoms with Crippen molar-refractivity contribution >= 4 is 0 Å². The van der Waals surface area contributed by atoms with Crippen LogP contribution >= 0.6 is 0 Å². The molecule has 6 rings (SSSR count). The standard InChI is InChI=1S/C25H22/c1-18-23-16-19-10-8-9-11-20(19)17-24(23,21-12-4-2-5-13-21)25(18,23)22-14-6-3-7-15-22/h2-15,18H,16-17H2,1H3/t18-,23-,24+,25-/m1/s1. The van der Waals surface area contributed by atoms with Gasteiger partial charge in [0.15, 0.2) is 0 Å². The van der Waals surface area contributed by atoms with Crippen molar-refractivity contribution in [3.05, 3.63) is 107 Å². The first-order valence-corrected chi connectivity index (χ1v) is 9.47. The molecule has 0 amide bonds. The number of fused-ring (bicyclic) bond motifs is 2. The van der Waals surface area contributed by atoms with Crippen molar-refractivity contribution in [2.45, 2.75) is 30.6 Å². The fraction of sp³-hybridized carbons (Fsp3) is 0.280. The molecule has 0 saturated heterocycles. The van der Waals surface area contributed by atoms with Gasteiger partial charge < -0.3 is 0 Å². The molecule has 2 saturated carbocycles. The van der Waals surface area contributed by atoms with Crippen molar-refractivity contribution in [2.75, 3.05) is 0 Å². The van der Waals surface area contributed by atoms with Crippen LogP contribution in [0, 0.1) is 11.3 Å². The summed E-state index contributed by atoms with van der Waals surface area (Å²) in [5.74, 6) is 0.760. The molecule has 0 heterocycles. The summed E-state index contributed by atoms with van der Waals surface area (Å²) in [6.07, 6.45) is 2.42. The molecule has 3 aromatic carbocycles. The molecule has 3 aliphatic rings. The Labute approximate surface area is 149 Å². The van der Waals surface area contributed by atoms with E-state index in [0.29, 0.717) is 10.8 Å². The zero-order chi connectivity index (χ0) is 16.7. The minimum atomic E-state index is 0.288. The fourth-order valence-corrected chi connectivity index (χ4v) is 7.14. The van der Waals surface area contributed by atoms with Gasteiger partial charge in [-0.25, -0.2) is 0 Å². The number of hydrogen-bond acceptors (Lipinski definition) is 0. The molecule has 3 aromatic rings. The molecule has 122 valence electrons. The lowest BCUT2D eigenvalue weighted by molar-refractivity contribution is 0.300. The maximum Gasteiger partial charge on any atom is 0.0170 e. The van der Waals surface area contributed by atoms with Gasteiger partial charge in [-0.2, -0.15) is 0 Å². The average Bonchev–Trinajstić information content (AvgIpc) is 3.47. The number of benzene rings is 3. The van der Waals surface area contributed by atoms with Crippen LogP contribution < -0.4 is 0 Å². The molecule has 0 heteroatoms. The summed E-state index contributed by atoms with van der Waals surface area (Å²) in [4.78, 5) is 0. The maximum absolute atomic E-state index is 2.49. The largest absolute Gasteiger partial charge is 0.0622 e. The summed E-state index contributed by atoms with van der Waals surface area (Å²) in [5.41, 5.74) is 7.27. The van der Waals surface area contributed by atoms with Crippen LogP contribution in [0.15, 0.2) is 84.9 Å². The van der Waals surface area contributed by atoms with Gasteiger partial charge in [0.1, 0.15) is 0 Å². The zero-order valence-electron chi connectivity index (χ0n) is 14.6. The van der Waals surface area contributed by atoms with Crippen LogP contribution in [-0.4, -0.2) is 0 Å². The summed E-state index contributed by atoms with van der Waals surface area (Å²) in [6, 6.07) is 31.8. The Morgan fingerprint density at radius 1 is 0.640 bits per heavy atom. The molecule has 0 aliphatic heterocycles. The number of rotatable bonds is 2. The molecule has 0 unspecified atom stereocenters. The Morgan fingerprint density at radius 2 is 1.16 bits per heavy atom. The summed E-state index contributed by atoms with van der Waals surface area (Å²) < 4.78 is 0. The fourth-order valence-electron chi connectivity index (χ4n) is 7.14. The topological polar surface area (TPSA) is 0 Å². The lowest BCUT2D eigenvalue weighted by atomic mass is 9.64. The summed E-state index contributed by atoms with van der Waals surface area (Å²) in [6.45, 7) is 2.49. The van der Waals surface area contributed by atoms with E-state index >= 15 is 0 Å². The van der Waals surface area contributed by atoms with Crippen molar-refractivity contribution in [1.29, 1.82) is 0 Å². The van der Waals surface area contributed by atoms with Crippen LogP contribution in [0.5, 0.6) is 0 Å². The molecule has 0 aromatic heterocycles. The van der Waals surface area contributed by atoms with E-state index in [1.807, 2.05) is 0 Å². The van der Waals surface area contributed by atoms with Gasteiger partial charge in [-0.15, -0.1) is 0 Å². The minimum Gasteiger partial charge on any atom is -0.0622 e. The SMILES string of the molecule is C[C@@H]1[C@]23Cc4ccccc4C[C@@]2(c2ccccc2)[C@@]13c1ccccc1. The average molecular weight is 322 g/mol. The van der Waals surface area contributed by atoms with Crippen LogP contribution in [0.3, 0.4) is 0 Å². The lowest BCUT2D eigenvalue weighted by Crippen LogP contribution is -2.38. The van der Waals surface area contributed by atoms with E-state index in [1.165, 1.54) is 12.8 Å². The minimum absolute atomic E-state index is 0.288. The van der Waals surface area contributed by atoms with Crippen molar-refractivity contribution < 1.29 is 0 Å². The van der Waals surface area contributed by atoms with E-state index in [0.717, 1.165) is 5.92 Å². The van der Waals surface area contributed by atoms with Crippen molar-refractivity contribution in [1.82, 2.24) is 0 Å². The predicted molar refractivity (Wildman–Crippen MR) is 102 cm³/mol. The molecular weight excluding hydrogens is 300 g/mol. The normalized spacial score (nSPS) is 36.8. The summed E-state index contributed by atoms with van der Waals surface area (Å²) >= 11 is 0. The van der Waals surface area contributed by atoms with Crippen LogP contribution in [0.2, 0.25) is 0 Å². The maximum atomic E-state index is 2.49. The van der Waals surface area contributed by atoms with Crippen LogP contribution in [0.4, 0.5) is 0 Å². The predicted octanol–water partition coefficient (Wildman–Crippen LogP) is 5.31. The molecule has 25 heavy (non-hydrogen) atoms. The Kier molecular flexibility index (Phi) is 2.36. The van der Waals surface area contributed by atoms with E-state index in [9.17, 15) is 0 Å². The van der Waals surface area contributed by atoms with Crippen LogP contribution in [0.25, 0.3) is 0 Å². The first-order chi connectivity index (χ1) is 12.3. The van der Waals surface area contributed by atoms with Gasteiger partial charge in [0.05, 0.1) is 0 Å². The Morgan fingerprint density at radius 3 is 1.80 bits per heavy atom. The monoisotopic (exact) mass is 322 g/mol. The highest BCUT2D eigenvalue weighted by Crippen LogP contribution is 3.01. The van der Waals surface area contributed by atoms with Gasteiger partial charge in [-0.3, -0.25) is 0 Å². The Bertz CT molecular complexity index is 973. The third-order valence-electron chi connectivity index (χ3n) is 7.92. The Balaban J connectivity index is 1.62. The lowest BCUT2D eigenvalue weighted by Gasteiger charge is -2.39. The molecular formula is C25H22. The molecule has 0 radical (unpaired) electrons. The van der Waals surface area contributed by atoms with Gasteiger partial charge in [0, 0.05) is 10.8 Å². The van der Waals surface area contributed by atoms with E-state index in [1.54, 1.807) is 22.3 Å². The molecule has 1 spiro atoms. The third kappa shape index (κ3) is 1.26. The van der Waals surface area contributed by atoms with E-state index in [-0.39, 0.29) is 5.41 Å². The van der Waals surface area contributed by atoms with Gasteiger partial charge in [-0.05, 0) is 46.4 Å². The van der Waals surface area contributed by atoms with Crippen molar-refractivity contribution in [3.8, 4) is 0 Å². The first-order valence-electron chi connectivity index (χ1n) is 9.47. The quantitative estimate of drug-likeness (QED) is 0.600. The van der Waals surface area contributed by atoms with E-state index in [4.69, 9.17) is 0 Å². The van der Waals surface area contributed by atoms with E-state index in [2.05, 4.69) is 91.9 Å².